The highest BCUT2D eigenvalue weighted by Gasteiger charge is 2.20. The Balaban J connectivity index is 1.76. The van der Waals surface area contributed by atoms with Crippen LogP contribution in [0.5, 0.6) is 11.5 Å². The minimum Gasteiger partial charge on any atom is -0.455 e. The summed E-state index contributed by atoms with van der Waals surface area (Å²) in [7, 11) is 0. The third kappa shape index (κ3) is 3.26. The van der Waals surface area contributed by atoms with Gasteiger partial charge in [-0.1, -0.05) is 11.6 Å². The SMILES string of the molecule is Fc1cc(Oc2cnccc2CNC2CC2)ccc1Cl. The fourth-order valence-corrected chi connectivity index (χ4v) is 1.97. The summed E-state index contributed by atoms with van der Waals surface area (Å²) in [5, 5.41) is 3.50. The lowest BCUT2D eigenvalue weighted by Gasteiger charge is -2.11. The number of halogens is 2. The molecule has 1 saturated carbocycles. The second-order valence-corrected chi connectivity index (χ2v) is 5.22. The Labute approximate surface area is 121 Å². The highest BCUT2D eigenvalue weighted by molar-refractivity contribution is 6.30. The first-order chi connectivity index (χ1) is 9.72. The van der Waals surface area contributed by atoms with Gasteiger partial charge in [0.2, 0.25) is 0 Å². The summed E-state index contributed by atoms with van der Waals surface area (Å²) in [6.45, 7) is 0.721. The normalized spacial score (nSPS) is 14.3. The van der Waals surface area contributed by atoms with Gasteiger partial charge in [-0.2, -0.15) is 0 Å². The Hall–Kier alpha value is -1.65. The van der Waals surface area contributed by atoms with Crippen molar-refractivity contribution in [2.75, 3.05) is 0 Å². The number of benzene rings is 1. The van der Waals surface area contributed by atoms with Crippen molar-refractivity contribution in [3.63, 3.8) is 0 Å². The molecule has 0 amide bonds. The smallest absolute Gasteiger partial charge is 0.150 e. The first kappa shape index (κ1) is 13.3. The van der Waals surface area contributed by atoms with Crippen LogP contribution in [0, 0.1) is 5.82 Å². The molecule has 1 aromatic carbocycles. The van der Waals surface area contributed by atoms with Gasteiger partial charge in [-0.15, -0.1) is 0 Å². The number of hydrogen-bond acceptors (Lipinski definition) is 3. The summed E-state index contributed by atoms with van der Waals surface area (Å²) in [6, 6.07) is 6.90. The van der Waals surface area contributed by atoms with E-state index in [4.69, 9.17) is 16.3 Å². The molecule has 0 saturated heterocycles. The lowest BCUT2D eigenvalue weighted by atomic mass is 10.2. The zero-order valence-electron chi connectivity index (χ0n) is 10.8. The molecule has 0 radical (unpaired) electrons. The van der Waals surface area contributed by atoms with Gasteiger partial charge in [-0.05, 0) is 31.0 Å². The molecule has 1 aliphatic carbocycles. The highest BCUT2D eigenvalue weighted by atomic mass is 35.5. The largest absolute Gasteiger partial charge is 0.455 e. The predicted molar refractivity (Wildman–Crippen MR) is 75.6 cm³/mol. The average molecular weight is 293 g/mol. The number of ether oxygens (including phenoxy) is 1. The Bertz CT molecular complexity index is 617. The van der Waals surface area contributed by atoms with E-state index < -0.39 is 5.82 Å². The molecule has 1 N–H and O–H groups in total. The number of hydrogen-bond donors (Lipinski definition) is 1. The topological polar surface area (TPSA) is 34.1 Å². The van der Waals surface area contributed by atoms with Crippen molar-refractivity contribution in [2.45, 2.75) is 25.4 Å². The Morgan fingerprint density at radius 1 is 1.35 bits per heavy atom. The lowest BCUT2D eigenvalue weighted by Crippen LogP contribution is -2.15. The van der Waals surface area contributed by atoms with Gasteiger partial charge in [0.25, 0.3) is 0 Å². The van der Waals surface area contributed by atoms with Gasteiger partial charge in [-0.3, -0.25) is 4.98 Å². The van der Waals surface area contributed by atoms with E-state index in [-0.39, 0.29) is 5.02 Å². The maximum atomic E-state index is 13.4. The zero-order valence-corrected chi connectivity index (χ0v) is 11.5. The van der Waals surface area contributed by atoms with Crippen LogP contribution in [0.15, 0.2) is 36.7 Å². The maximum Gasteiger partial charge on any atom is 0.150 e. The predicted octanol–water partition coefficient (Wildman–Crippen LogP) is 3.92. The van der Waals surface area contributed by atoms with Crippen molar-refractivity contribution in [3.05, 3.63) is 53.1 Å². The molecule has 1 heterocycles. The molecule has 0 unspecified atom stereocenters. The van der Waals surface area contributed by atoms with Gasteiger partial charge < -0.3 is 10.1 Å². The van der Waals surface area contributed by atoms with Crippen LogP contribution in [0.4, 0.5) is 4.39 Å². The van der Waals surface area contributed by atoms with Crippen LogP contribution in [-0.4, -0.2) is 11.0 Å². The monoisotopic (exact) mass is 292 g/mol. The summed E-state index contributed by atoms with van der Waals surface area (Å²) in [5.74, 6) is 0.542. The zero-order chi connectivity index (χ0) is 13.9. The molecule has 104 valence electrons. The first-order valence-corrected chi connectivity index (χ1v) is 6.89. The number of rotatable bonds is 5. The lowest BCUT2D eigenvalue weighted by molar-refractivity contribution is 0.465. The van der Waals surface area contributed by atoms with E-state index in [1.807, 2.05) is 6.07 Å². The highest BCUT2D eigenvalue weighted by Crippen LogP contribution is 2.28. The molecule has 20 heavy (non-hydrogen) atoms. The third-order valence-electron chi connectivity index (χ3n) is 3.15. The van der Waals surface area contributed by atoms with E-state index in [2.05, 4.69) is 10.3 Å². The molecule has 0 atom stereocenters. The van der Waals surface area contributed by atoms with E-state index in [0.29, 0.717) is 17.5 Å². The van der Waals surface area contributed by atoms with Crippen molar-refractivity contribution < 1.29 is 9.13 Å². The molecule has 5 heteroatoms. The van der Waals surface area contributed by atoms with Gasteiger partial charge in [0.15, 0.2) is 0 Å². The van der Waals surface area contributed by atoms with Crippen molar-refractivity contribution in [1.29, 1.82) is 0 Å². The average Bonchev–Trinajstić information content (AvgIpc) is 3.26. The molecule has 3 rings (SSSR count). The Morgan fingerprint density at radius 3 is 2.95 bits per heavy atom. The van der Waals surface area contributed by atoms with E-state index in [1.54, 1.807) is 18.5 Å². The number of nitrogens with zero attached hydrogens (tertiary/aromatic N) is 1. The molecule has 1 fully saturated rings. The fourth-order valence-electron chi connectivity index (χ4n) is 1.86. The van der Waals surface area contributed by atoms with Gasteiger partial charge in [0, 0.05) is 30.4 Å². The second-order valence-electron chi connectivity index (χ2n) is 4.82. The minimum atomic E-state index is -0.495. The summed E-state index contributed by atoms with van der Waals surface area (Å²) in [4.78, 5) is 4.05. The molecule has 1 aliphatic rings. The summed E-state index contributed by atoms with van der Waals surface area (Å²) in [5.41, 5.74) is 1.00. The van der Waals surface area contributed by atoms with E-state index in [0.717, 1.165) is 12.1 Å². The van der Waals surface area contributed by atoms with Gasteiger partial charge in [0.1, 0.15) is 17.3 Å². The molecule has 0 aliphatic heterocycles. The molecular formula is C15H14ClFN2O. The Kier molecular flexibility index (Phi) is 3.85. The summed E-state index contributed by atoms with van der Waals surface area (Å²) in [6.07, 6.45) is 5.81. The molecular weight excluding hydrogens is 279 g/mol. The van der Waals surface area contributed by atoms with Gasteiger partial charge in [0.05, 0.1) is 11.2 Å². The van der Waals surface area contributed by atoms with E-state index in [9.17, 15) is 4.39 Å². The van der Waals surface area contributed by atoms with Gasteiger partial charge in [-0.25, -0.2) is 4.39 Å². The van der Waals surface area contributed by atoms with Crippen LogP contribution in [0.1, 0.15) is 18.4 Å². The molecule has 1 aromatic heterocycles. The standard InChI is InChI=1S/C15H14ClFN2O/c16-13-4-3-12(7-14(13)17)20-15-9-18-6-5-10(15)8-19-11-1-2-11/h3-7,9,11,19H,1-2,8H2. The molecule has 2 aromatic rings. The van der Waals surface area contributed by atoms with Crippen LogP contribution < -0.4 is 10.1 Å². The van der Waals surface area contributed by atoms with E-state index >= 15 is 0 Å². The molecule has 0 spiro atoms. The summed E-state index contributed by atoms with van der Waals surface area (Å²) >= 11 is 5.65. The van der Waals surface area contributed by atoms with Crippen molar-refractivity contribution in [2.24, 2.45) is 0 Å². The quantitative estimate of drug-likeness (QED) is 0.907. The van der Waals surface area contributed by atoms with Crippen LogP contribution >= 0.6 is 11.6 Å². The van der Waals surface area contributed by atoms with Crippen molar-refractivity contribution in [3.8, 4) is 11.5 Å². The second kappa shape index (κ2) is 5.77. The van der Waals surface area contributed by atoms with Crippen molar-refractivity contribution >= 4 is 11.6 Å². The van der Waals surface area contributed by atoms with Crippen LogP contribution in [0.2, 0.25) is 5.02 Å². The maximum absolute atomic E-state index is 13.4. The van der Waals surface area contributed by atoms with E-state index in [1.165, 1.54) is 25.0 Å². The number of pyridine rings is 1. The van der Waals surface area contributed by atoms with Crippen LogP contribution in [0.25, 0.3) is 0 Å². The molecule has 3 nitrogen and oxygen atoms in total. The number of nitrogens with one attached hydrogen (secondary N) is 1. The van der Waals surface area contributed by atoms with Crippen LogP contribution in [-0.2, 0) is 6.54 Å². The fraction of sp³-hybridized carbons (Fsp3) is 0.267. The summed E-state index contributed by atoms with van der Waals surface area (Å²) < 4.78 is 19.1. The molecule has 0 bridgehead atoms. The number of aromatic nitrogens is 1. The van der Waals surface area contributed by atoms with Crippen molar-refractivity contribution in [1.82, 2.24) is 10.3 Å². The third-order valence-corrected chi connectivity index (χ3v) is 3.45. The minimum absolute atomic E-state index is 0.0826. The first-order valence-electron chi connectivity index (χ1n) is 6.51. The van der Waals surface area contributed by atoms with Gasteiger partial charge >= 0.3 is 0 Å². The Morgan fingerprint density at radius 2 is 2.20 bits per heavy atom. The van der Waals surface area contributed by atoms with Crippen LogP contribution in [0.3, 0.4) is 0 Å².